The summed E-state index contributed by atoms with van der Waals surface area (Å²) in [5.41, 5.74) is 5.41. The molecular weight excluding hydrogens is 178 g/mol. The number of carbonyl (C=O) groups is 1. The van der Waals surface area contributed by atoms with Crippen molar-refractivity contribution in [3.05, 3.63) is 0 Å². The Kier molecular flexibility index (Phi) is 4.00. The van der Waals surface area contributed by atoms with Crippen LogP contribution in [0.5, 0.6) is 0 Å². The lowest BCUT2D eigenvalue weighted by Gasteiger charge is -2.27. The summed E-state index contributed by atoms with van der Waals surface area (Å²) in [5, 5.41) is 8.68. The van der Waals surface area contributed by atoms with Crippen LogP contribution in [0.1, 0.15) is 32.6 Å². The predicted molar refractivity (Wildman–Crippen MR) is 49.4 cm³/mol. The van der Waals surface area contributed by atoms with E-state index in [2.05, 4.69) is 0 Å². The van der Waals surface area contributed by atoms with Gasteiger partial charge < -0.3 is 10.8 Å². The third kappa shape index (κ3) is 2.11. The third-order valence-electron chi connectivity index (χ3n) is 2.76. The average Bonchev–Trinajstić information content (AvgIpc) is 2.35. The summed E-state index contributed by atoms with van der Waals surface area (Å²) >= 11 is 0. The number of rotatable bonds is 2. The second kappa shape index (κ2) is 4.10. The number of nitrogens with two attached hydrogens (primary N) is 1. The predicted octanol–water partition coefficient (Wildman–Crippen LogP) is 1.40. The van der Waals surface area contributed by atoms with Crippen LogP contribution in [0.2, 0.25) is 0 Å². The molecule has 0 aromatic carbocycles. The topological polar surface area (TPSA) is 63.3 Å². The minimum absolute atomic E-state index is 0. The Morgan fingerprint density at radius 2 is 1.92 bits per heavy atom. The Hall–Kier alpha value is -0.280. The number of halogens is 1. The van der Waals surface area contributed by atoms with Crippen molar-refractivity contribution in [1.82, 2.24) is 0 Å². The molecule has 3 N–H and O–H groups in total. The van der Waals surface area contributed by atoms with Gasteiger partial charge in [-0.15, -0.1) is 12.4 Å². The second-order valence-electron chi connectivity index (χ2n) is 3.68. The zero-order valence-electron chi connectivity index (χ0n) is 7.25. The number of hydrogen-bond donors (Lipinski definition) is 2. The van der Waals surface area contributed by atoms with E-state index in [0.717, 1.165) is 25.7 Å². The van der Waals surface area contributed by atoms with E-state index in [4.69, 9.17) is 10.8 Å². The summed E-state index contributed by atoms with van der Waals surface area (Å²) in [6.45, 7) is 1.97. The van der Waals surface area contributed by atoms with Crippen molar-refractivity contribution in [3.8, 4) is 0 Å². The molecule has 1 fully saturated rings. The Bertz CT molecular complexity index is 166. The lowest BCUT2D eigenvalue weighted by atomic mass is 9.81. The number of aliphatic carboxylic acids is 1. The van der Waals surface area contributed by atoms with Gasteiger partial charge in [-0.05, 0) is 18.3 Å². The summed E-state index contributed by atoms with van der Waals surface area (Å²) in [6.07, 6.45) is 4.16. The van der Waals surface area contributed by atoms with E-state index >= 15 is 0 Å². The van der Waals surface area contributed by atoms with E-state index < -0.39 is 12.0 Å². The van der Waals surface area contributed by atoms with Gasteiger partial charge in [0.05, 0.1) is 0 Å². The average molecular weight is 194 g/mol. The molecule has 0 heterocycles. The zero-order valence-corrected chi connectivity index (χ0v) is 8.06. The molecule has 0 bridgehead atoms. The van der Waals surface area contributed by atoms with Gasteiger partial charge in [-0.1, -0.05) is 19.8 Å². The van der Waals surface area contributed by atoms with Crippen LogP contribution in [-0.4, -0.2) is 17.1 Å². The van der Waals surface area contributed by atoms with Gasteiger partial charge in [0.15, 0.2) is 0 Å². The number of carboxylic acids is 1. The van der Waals surface area contributed by atoms with Crippen LogP contribution in [-0.2, 0) is 4.79 Å². The van der Waals surface area contributed by atoms with Gasteiger partial charge in [0.25, 0.3) is 0 Å². The van der Waals surface area contributed by atoms with Crippen LogP contribution in [0.15, 0.2) is 0 Å². The smallest absolute Gasteiger partial charge is 0.321 e. The molecule has 12 heavy (non-hydrogen) atoms. The monoisotopic (exact) mass is 193 g/mol. The molecule has 0 amide bonds. The highest BCUT2D eigenvalue weighted by Crippen LogP contribution is 2.39. The van der Waals surface area contributed by atoms with E-state index in [1.807, 2.05) is 6.92 Å². The molecule has 1 aliphatic carbocycles. The summed E-state index contributed by atoms with van der Waals surface area (Å²) in [6, 6.07) is -0.676. The van der Waals surface area contributed by atoms with Crippen LogP contribution >= 0.6 is 12.4 Å². The second-order valence-corrected chi connectivity index (χ2v) is 3.68. The number of hydrogen-bond acceptors (Lipinski definition) is 2. The Morgan fingerprint density at radius 1 is 1.50 bits per heavy atom. The van der Waals surface area contributed by atoms with Gasteiger partial charge in [0.1, 0.15) is 6.04 Å². The van der Waals surface area contributed by atoms with E-state index in [-0.39, 0.29) is 17.8 Å². The zero-order chi connectivity index (χ0) is 8.48. The quantitative estimate of drug-likeness (QED) is 0.697. The van der Waals surface area contributed by atoms with Crippen molar-refractivity contribution < 1.29 is 9.90 Å². The molecule has 0 saturated heterocycles. The maximum absolute atomic E-state index is 10.6. The molecule has 3 nitrogen and oxygen atoms in total. The first-order valence-corrected chi connectivity index (χ1v) is 4.05. The first-order valence-electron chi connectivity index (χ1n) is 4.05. The molecule has 72 valence electrons. The molecule has 0 aromatic rings. The molecule has 0 aliphatic heterocycles. The van der Waals surface area contributed by atoms with Gasteiger partial charge in [0, 0.05) is 0 Å². The lowest BCUT2D eigenvalue weighted by Crippen LogP contribution is -2.44. The Morgan fingerprint density at radius 3 is 2.25 bits per heavy atom. The molecule has 1 aliphatic rings. The maximum Gasteiger partial charge on any atom is 0.321 e. The van der Waals surface area contributed by atoms with Gasteiger partial charge >= 0.3 is 5.97 Å². The maximum atomic E-state index is 10.6. The fraction of sp³-hybridized carbons (Fsp3) is 0.875. The molecule has 0 unspecified atom stereocenters. The standard InChI is InChI=1S/C8H15NO2.ClH/c1-8(4-2-3-5-8)6(9)7(10)11;/h6H,2-5,9H2,1H3,(H,10,11);1H/t6-;/m1./s1. The fourth-order valence-electron chi connectivity index (χ4n) is 1.79. The van der Waals surface area contributed by atoms with E-state index in [0.29, 0.717) is 0 Å². The Balaban J connectivity index is 0.00000121. The van der Waals surface area contributed by atoms with Crippen molar-refractivity contribution in [2.24, 2.45) is 11.1 Å². The fourth-order valence-corrected chi connectivity index (χ4v) is 1.79. The van der Waals surface area contributed by atoms with Crippen LogP contribution in [0, 0.1) is 5.41 Å². The summed E-state index contributed by atoms with van der Waals surface area (Å²) < 4.78 is 0. The number of carboxylic acid groups (broad SMARTS) is 1. The van der Waals surface area contributed by atoms with E-state index in [1.165, 1.54) is 0 Å². The minimum atomic E-state index is -0.866. The minimum Gasteiger partial charge on any atom is -0.480 e. The molecular formula is C8H16ClNO2. The van der Waals surface area contributed by atoms with Crippen LogP contribution in [0.4, 0.5) is 0 Å². The molecule has 1 rings (SSSR count). The largest absolute Gasteiger partial charge is 0.480 e. The summed E-state index contributed by atoms with van der Waals surface area (Å²) in [4.78, 5) is 10.6. The molecule has 0 spiro atoms. The van der Waals surface area contributed by atoms with Crippen LogP contribution in [0.25, 0.3) is 0 Å². The van der Waals surface area contributed by atoms with Gasteiger partial charge in [-0.25, -0.2) is 0 Å². The van der Waals surface area contributed by atoms with Crippen LogP contribution in [0.3, 0.4) is 0 Å². The lowest BCUT2D eigenvalue weighted by molar-refractivity contribution is -0.141. The van der Waals surface area contributed by atoms with E-state index in [9.17, 15) is 4.79 Å². The molecule has 1 atom stereocenters. The highest BCUT2D eigenvalue weighted by atomic mass is 35.5. The summed E-state index contributed by atoms with van der Waals surface area (Å²) in [7, 11) is 0. The molecule has 4 heteroatoms. The highest BCUT2D eigenvalue weighted by Gasteiger charge is 2.38. The van der Waals surface area contributed by atoms with Crippen molar-refractivity contribution >= 4 is 18.4 Å². The van der Waals surface area contributed by atoms with Crippen molar-refractivity contribution in [3.63, 3.8) is 0 Å². The normalized spacial score (nSPS) is 22.8. The molecule has 0 radical (unpaired) electrons. The highest BCUT2D eigenvalue weighted by molar-refractivity contribution is 5.85. The van der Waals surface area contributed by atoms with E-state index in [1.54, 1.807) is 0 Å². The molecule has 0 aromatic heterocycles. The SMILES string of the molecule is CC1([C@H](N)C(=O)O)CCCC1.Cl. The Labute approximate surface area is 78.7 Å². The van der Waals surface area contributed by atoms with Crippen molar-refractivity contribution in [2.45, 2.75) is 38.6 Å². The van der Waals surface area contributed by atoms with Gasteiger partial charge in [-0.2, -0.15) is 0 Å². The van der Waals surface area contributed by atoms with Crippen LogP contribution < -0.4 is 5.73 Å². The van der Waals surface area contributed by atoms with Gasteiger partial charge in [-0.3, -0.25) is 4.79 Å². The molecule has 1 saturated carbocycles. The first kappa shape index (κ1) is 11.7. The first-order chi connectivity index (χ1) is 5.06. The van der Waals surface area contributed by atoms with Crippen molar-refractivity contribution in [2.75, 3.05) is 0 Å². The van der Waals surface area contributed by atoms with Crippen molar-refractivity contribution in [1.29, 1.82) is 0 Å². The van der Waals surface area contributed by atoms with Gasteiger partial charge in [0.2, 0.25) is 0 Å². The third-order valence-corrected chi connectivity index (χ3v) is 2.76. The summed E-state index contributed by atoms with van der Waals surface area (Å²) in [5.74, 6) is -0.866.